The number of nitrogens with zero attached hydrogens (tertiary/aromatic N) is 1. The van der Waals surface area contributed by atoms with Gasteiger partial charge in [-0.3, -0.25) is 4.90 Å². The third-order valence-electron chi connectivity index (χ3n) is 3.58. The molecule has 0 aromatic heterocycles. The maximum atomic E-state index is 6.14. The highest BCUT2D eigenvalue weighted by molar-refractivity contribution is 7.99. The molecule has 0 saturated carbocycles. The lowest BCUT2D eigenvalue weighted by molar-refractivity contribution is -0.0229. The van der Waals surface area contributed by atoms with Crippen molar-refractivity contribution in [2.45, 2.75) is 64.9 Å². The second-order valence-corrected chi connectivity index (χ2v) is 6.57. The van der Waals surface area contributed by atoms with E-state index in [0.29, 0.717) is 6.10 Å². The molecule has 108 valence electrons. The highest BCUT2D eigenvalue weighted by Crippen LogP contribution is 2.15. The molecule has 0 amide bonds. The summed E-state index contributed by atoms with van der Waals surface area (Å²) < 4.78 is 6.14. The van der Waals surface area contributed by atoms with E-state index in [1.165, 1.54) is 69.5 Å². The largest absolute Gasteiger partial charge is 0.362 e. The van der Waals surface area contributed by atoms with E-state index in [-0.39, 0.29) is 0 Å². The van der Waals surface area contributed by atoms with Crippen LogP contribution < -0.4 is 0 Å². The van der Waals surface area contributed by atoms with E-state index in [9.17, 15) is 0 Å². The molecule has 0 radical (unpaired) electrons. The summed E-state index contributed by atoms with van der Waals surface area (Å²) in [5.41, 5.74) is 0. The molecule has 1 fully saturated rings. The quantitative estimate of drug-likeness (QED) is 0.555. The van der Waals surface area contributed by atoms with Gasteiger partial charge in [-0.2, -0.15) is 11.8 Å². The van der Waals surface area contributed by atoms with Gasteiger partial charge in [0.25, 0.3) is 0 Å². The Labute approximate surface area is 118 Å². The predicted molar refractivity (Wildman–Crippen MR) is 82.3 cm³/mol. The van der Waals surface area contributed by atoms with Crippen LogP contribution in [0.3, 0.4) is 0 Å². The van der Waals surface area contributed by atoms with E-state index in [4.69, 9.17) is 4.74 Å². The molecule has 18 heavy (non-hydrogen) atoms. The second-order valence-electron chi connectivity index (χ2n) is 5.25. The summed E-state index contributed by atoms with van der Waals surface area (Å²) in [6, 6.07) is 0. The van der Waals surface area contributed by atoms with Gasteiger partial charge in [0, 0.05) is 18.8 Å². The summed E-state index contributed by atoms with van der Waals surface area (Å²) in [5.74, 6) is 2.38. The molecule has 3 heteroatoms. The minimum absolute atomic E-state index is 0.475. The number of thioether (sulfide) groups is 1. The van der Waals surface area contributed by atoms with Crippen LogP contribution in [0.2, 0.25) is 0 Å². The molecular formula is C15H31NOS. The summed E-state index contributed by atoms with van der Waals surface area (Å²) in [6.07, 6.45) is 9.81. The third-order valence-corrected chi connectivity index (χ3v) is 4.59. The Morgan fingerprint density at radius 1 is 1.11 bits per heavy atom. The summed E-state index contributed by atoms with van der Waals surface area (Å²) in [4.78, 5) is 2.48. The van der Waals surface area contributed by atoms with Gasteiger partial charge in [0.1, 0.15) is 0 Å². The van der Waals surface area contributed by atoms with Crippen molar-refractivity contribution in [3.63, 3.8) is 0 Å². The number of piperidine rings is 1. The van der Waals surface area contributed by atoms with Gasteiger partial charge >= 0.3 is 0 Å². The van der Waals surface area contributed by atoms with Gasteiger partial charge in [-0.25, -0.2) is 0 Å². The highest BCUT2D eigenvalue weighted by atomic mass is 32.2. The number of rotatable bonds is 10. The minimum Gasteiger partial charge on any atom is -0.362 e. The normalized spacial score (nSPS) is 19.0. The van der Waals surface area contributed by atoms with Gasteiger partial charge in [-0.05, 0) is 25.0 Å². The van der Waals surface area contributed by atoms with E-state index >= 15 is 0 Å². The Hall–Kier alpha value is 0.270. The molecule has 1 unspecified atom stereocenters. The zero-order chi connectivity index (χ0) is 13.1. The topological polar surface area (TPSA) is 12.5 Å². The monoisotopic (exact) mass is 273 g/mol. The van der Waals surface area contributed by atoms with Crippen molar-refractivity contribution in [3.05, 3.63) is 0 Å². The van der Waals surface area contributed by atoms with Crippen molar-refractivity contribution in [1.82, 2.24) is 4.90 Å². The second kappa shape index (κ2) is 11.1. The molecule has 2 nitrogen and oxygen atoms in total. The van der Waals surface area contributed by atoms with Crippen LogP contribution in [0, 0.1) is 0 Å². The molecule has 0 aromatic carbocycles. The Bertz CT molecular complexity index is 183. The van der Waals surface area contributed by atoms with Crippen LogP contribution in [0.1, 0.15) is 58.8 Å². The van der Waals surface area contributed by atoms with Gasteiger partial charge in [-0.15, -0.1) is 0 Å². The van der Waals surface area contributed by atoms with E-state index in [0.717, 1.165) is 6.73 Å². The highest BCUT2D eigenvalue weighted by Gasteiger charge is 2.13. The molecule has 0 N–H and O–H groups in total. The van der Waals surface area contributed by atoms with Gasteiger partial charge in [0.2, 0.25) is 0 Å². The van der Waals surface area contributed by atoms with Crippen LogP contribution in [0.25, 0.3) is 0 Å². The van der Waals surface area contributed by atoms with Crippen LogP contribution in [0.4, 0.5) is 0 Å². The maximum Gasteiger partial charge on any atom is 0.0994 e. The van der Waals surface area contributed by atoms with Crippen LogP contribution in [0.5, 0.6) is 0 Å². The molecule has 1 rings (SSSR count). The Morgan fingerprint density at radius 2 is 1.89 bits per heavy atom. The summed E-state index contributed by atoms with van der Waals surface area (Å²) in [5, 5.41) is 0. The molecule has 1 saturated heterocycles. The molecule has 1 aliphatic rings. The molecule has 0 aromatic rings. The van der Waals surface area contributed by atoms with E-state index in [1.54, 1.807) is 0 Å². The molecule has 0 bridgehead atoms. The molecule has 0 aliphatic carbocycles. The SMILES string of the molecule is CCCCCC(CSCC)OCN1CCCCC1. The van der Waals surface area contributed by atoms with Gasteiger partial charge in [0.15, 0.2) is 0 Å². The van der Waals surface area contributed by atoms with Gasteiger partial charge in [0.05, 0.1) is 12.8 Å². The summed E-state index contributed by atoms with van der Waals surface area (Å²) in [6.45, 7) is 7.84. The predicted octanol–water partition coefficient (Wildman–Crippen LogP) is 4.15. The van der Waals surface area contributed by atoms with E-state index in [2.05, 4.69) is 18.7 Å². The van der Waals surface area contributed by atoms with Crippen molar-refractivity contribution in [3.8, 4) is 0 Å². The Morgan fingerprint density at radius 3 is 2.56 bits per heavy atom. The van der Waals surface area contributed by atoms with Crippen molar-refractivity contribution < 1.29 is 4.74 Å². The average Bonchev–Trinajstić information content (AvgIpc) is 2.42. The first-order chi connectivity index (χ1) is 8.86. The van der Waals surface area contributed by atoms with Crippen LogP contribution in [-0.4, -0.2) is 42.3 Å². The van der Waals surface area contributed by atoms with Gasteiger partial charge < -0.3 is 4.74 Å². The standard InChI is InChI=1S/C15H31NOS/c1-3-5-7-10-15(13-18-4-2)17-14-16-11-8-6-9-12-16/h15H,3-14H2,1-2H3. The van der Waals surface area contributed by atoms with E-state index < -0.39 is 0 Å². The molecular weight excluding hydrogens is 242 g/mol. The summed E-state index contributed by atoms with van der Waals surface area (Å²) >= 11 is 2.02. The van der Waals surface area contributed by atoms with E-state index in [1.807, 2.05) is 11.8 Å². The number of hydrogen-bond donors (Lipinski definition) is 0. The fourth-order valence-electron chi connectivity index (χ4n) is 2.39. The first kappa shape index (κ1) is 16.3. The van der Waals surface area contributed by atoms with Crippen molar-refractivity contribution >= 4 is 11.8 Å². The molecule has 0 spiro atoms. The minimum atomic E-state index is 0.475. The number of likely N-dealkylation sites (tertiary alicyclic amines) is 1. The smallest absolute Gasteiger partial charge is 0.0994 e. The lowest BCUT2D eigenvalue weighted by Gasteiger charge is -2.28. The van der Waals surface area contributed by atoms with Gasteiger partial charge in [-0.1, -0.05) is 39.5 Å². The Kier molecular flexibility index (Phi) is 10.1. The third kappa shape index (κ3) is 7.65. The fourth-order valence-corrected chi connectivity index (χ4v) is 3.15. The van der Waals surface area contributed by atoms with Crippen LogP contribution in [-0.2, 0) is 4.74 Å². The Balaban J connectivity index is 2.16. The average molecular weight is 273 g/mol. The van der Waals surface area contributed by atoms with Crippen LogP contribution >= 0.6 is 11.8 Å². The molecule has 1 aliphatic heterocycles. The fraction of sp³-hybridized carbons (Fsp3) is 1.00. The zero-order valence-electron chi connectivity index (χ0n) is 12.3. The van der Waals surface area contributed by atoms with Crippen molar-refractivity contribution in [2.24, 2.45) is 0 Å². The summed E-state index contributed by atoms with van der Waals surface area (Å²) in [7, 11) is 0. The first-order valence-corrected chi connectivity index (χ1v) is 8.94. The number of unbranched alkanes of at least 4 members (excludes halogenated alkanes) is 2. The maximum absolute atomic E-state index is 6.14. The molecule has 1 heterocycles. The lowest BCUT2D eigenvalue weighted by atomic mass is 10.1. The number of ether oxygens (including phenoxy) is 1. The first-order valence-electron chi connectivity index (χ1n) is 7.78. The lowest BCUT2D eigenvalue weighted by Crippen LogP contribution is -2.34. The van der Waals surface area contributed by atoms with Crippen molar-refractivity contribution in [1.29, 1.82) is 0 Å². The molecule has 1 atom stereocenters. The zero-order valence-corrected chi connectivity index (χ0v) is 13.1. The van der Waals surface area contributed by atoms with Crippen molar-refractivity contribution in [2.75, 3.05) is 31.3 Å². The number of hydrogen-bond acceptors (Lipinski definition) is 3. The van der Waals surface area contributed by atoms with Crippen LogP contribution in [0.15, 0.2) is 0 Å².